The lowest BCUT2D eigenvalue weighted by Gasteiger charge is -2.44. The first-order valence-electron chi connectivity index (χ1n) is 5.57. The predicted octanol–water partition coefficient (Wildman–Crippen LogP) is 0.829. The molecule has 0 spiro atoms. The Morgan fingerprint density at radius 1 is 1.53 bits per heavy atom. The summed E-state index contributed by atoms with van der Waals surface area (Å²) in [6.45, 7) is 8.95. The number of hydrogen-bond acceptors (Lipinski definition) is 3. The molecule has 0 atom stereocenters. The minimum absolute atomic E-state index is 0.208. The highest BCUT2D eigenvalue weighted by molar-refractivity contribution is 5.68. The quantitative estimate of drug-likeness (QED) is 0.613. The van der Waals surface area contributed by atoms with Crippen molar-refractivity contribution in [1.29, 1.82) is 0 Å². The standard InChI is InChI=1S/C11H22N2O2/c1-4-10(2,3)6-13-11(5-9(14)15)7-12-8-11/h12-13H,4-8H2,1-3H3,(H,14,15). The number of hydrogen-bond donors (Lipinski definition) is 3. The molecular weight excluding hydrogens is 192 g/mol. The zero-order chi connectivity index (χ0) is 11.5. The lowest BCUT2D eigenvalue weighted by Crippen LogP contribution is -2.69. The van der Waals surface area contributed by atoms with E-state index < -0.39 is 5.97 Å². The lowest BCUT2D eigenvalue weighted by atomic mass is 9.84. The molecule has 4 heteroatoms. The molecule has 4 nitrogen and oxygen atoms in total. The second-order valence-corrected chi connectivity index (χ2v) is 5.33. The molecule has 0 aliphatic carbocycles. The van der Waals surface area contributed by atoms with E-state index in [2.05, 4.69) is 31.4 Å². The first-order chi connectivity index (χ1) is 6.89. The topological polar surface area (TPSA) is 61.4 Å². The summed E-state index contributed by atoms with van der Waals surface area (Å²) < 4.78 is 0. The van der Waals surface area contributed by atoms with Gasteiger partial charge in [-0.1, -0.05) is 20.8 Å². The Morgan fingerprint density at radius 2 is 2.13 bits per heavy atom. The van der Waals surface area contributed by atoms with Crippen molar-refractivity contribution in [3.05, 3.63) is 0 Å². The van der Waals surface area contributed by atoms with E-state index in [9.17, 15) is 4.79 Å². The molecule has 0 amide bonds. The third kappa shape index (κ3) is 3.47. The van der Waals surface area contributed by atoms with Crippen molar-refractivity contribution in [3.63, 3.8) is 0 Å². The molecule has 15 heavy (non-hydrogen) atoms. The average molecular weight is 214 g/mol. The van der Waals surface area contributed by atoms with E-state index in [-0.39, 0.29) is 17.4 Å². The van der Waals surface area contributed by atoms with E-state index >= 15 is 0 Å². The van der Waals surface area contributed by atoms with Gasteiger partial charge in [-0.3, -0.25) is 4.79 Å². The van der Waals surface area contributed by atoms with Gasteiger partial charge in [-0.15, -0.1) is 0 Å². The van der Waals surface area contributed by atoms with Gasteiger partial charge >= 0.3 is 5.97 Å². The Hall–Kier alpha value is -0.610. The smallest absolute Gasteiger partial charge is 0.305 e. The normalized spacial score (nSPS) is 19.7. The average Bonchev–Trinajstić information content (AvgIpc) is 2.09. The van der Waals surface area contributed by atoms with Crippen molar-refractivity contribution in [2.24, 2.45) is 5.41 Å². The monoisotopic (exact) mass is 214 g/mol. The van der Waals surface area contributed by atoms with Crippen molar-refractivity contribution in [1.82, 2.24) is 10.6 Å². The highest BCUT2D eigenvalue weighted by Crippen LogP contribution is 2.22. The minimum Gasteiger partial charge on any atom is -0.481 e. The van der Waals surface area contributed by atoms with Crippen molar-refractivity contribution < 1.29 is 9.90 Å². The molecule has 0 unspecified atom stereocenters. The highest BCUT2D eigenvalue weighted by atomic mass is 16.4. The Morgan fingerprint density at radius 3 is 2.47 bits per heavy atom. The highest BCUT2D eigenvalue weighted by Gasteiger charge is 2.39. The molecule has 0 aromatic heterocycles. The van der Waals surface area contributed by atoms with Crippen LogP contribution in [0.1, 0.15) is 33.6 Å². The fourth-order valence-electron chi connectivity index (χ4n) is 1.58. The van der Waals surface area contributed by atoms with E-state index in [0.717, 1.165) is 26.1 Å². The van der Waals surface area contributed by atoms with Crippen LogP contribution in [-0.2, 0) is 4.79 Å². The summed E-state index contributed by atoms with van der Waals surface area (Å²) in [5, 5.41) is 15.4. The van der Waals surface area contributed by atoms with Crippen LogP contribution in [0.15, 0.2) is 0 Å². The maximum absolute atomic E-state index is 10.7. The summed E-state index contributed by atoms with van der Waals surface area (Å²) in [5.74, 6) is -0.724. The van der Waals surface area contributed by atoms with Gasteiger partial charge in [0.1, 0.15) is 0 Å². The molecule has 1 aliphatic rings. The Bertz CT molecular complexity index is 235. The summed E-state index contributed by atoms with van der Waals surface area (Å²) in [6.07, 6.45) is 1.30. The van der Waals surface area contributed by atoms with E-state index in [1.54, 1.807) is 0 Å². The Labute approximate surface area is 91.4 Å². The molecule has 1 aliphatic heterocycles. The Kier molecular flexibility index (Phi) is 3.73. The van der Waals surface area contributed by atoms with Crippen molar-refractivity contribution in [2.75, 3.05) is 19.6 Å². The summed E-state index contributed by atoms with van der Waals surface area (Å²) in [6, 6.07) is 0. The van der Waals surface area contributed by atoms with Gasteiger partial charge in [-0.05, 0) is 11.8 Å². The SMILES string of the molecule is CCC(C)(C)CNC1(CC(=O)O)CNC1. The molecule has 1 fully saturated rings. The fourth-order valence-corrected chi connectivity index (χ4v) is 1.58. The fraction of sp³-hybridized carbons (Fsp3) is 0.909. The molecule has 88 valence electrons. The van der Waals surface area contributed by atoms with Crippen LogP contribution in [-0.4, -0.2) is 36.2 Å². The first-order valence-corrected chi connectivity index (χ1v) is 5.57. The second kappa shape index (κ2) is 4.49. The van der Waals surface area contributed by atoms with Crippen LogP contribution in [0, 0.1) is 5.41 Å². The van der Waals surface area contributed by atoms with Crippen LogP contribution in [0.4, 0.5) is 0 Å². The summed E-state index contributed by atoms with van der Waals surface area (Å²) in [5.41, 5.74) is 0.0271. The lowest BCUT2D eigenvalue weighted by molar-refractivity contribution is -0.139. The maximum atomic E-state index is 10.7. The van der Waals surface area contributed by atoms with Crippen LogP contribution in [0.2, 0.25) is 0 Å². The Balaban J connectivity index is 2.43. The van der Waals surface area contributed by atoms with Gasteiger partial charge in [0.15, 0.2) is 0 Å². The third-order valence-electron chi connectivity index (χ3n) is 3.32. The van der Waals surface area contributed by atoms with Crippen molar-refractivity contribution >= 4 is 5.97 Å². The maximum Gasteiger partial charge on any atom is 0.305 e. The number of carboxylic acids is 1. The van der Waals surface area contributed by atoms with E-state index in [0.29, 0.717) is 0 Å². The van der Waals surface area contributed by atoms with E-state index in [1.165, 1.54) is 0 Å². The zero-order valence-corrected chi connectivity index (χ0v) is 9.89. The number of carbonyl (C=O) groups is 1. The molecule has 0 aromatic carbocycles. The number of nitrogens with one attached hydrogen (secondary N) is 2. The molecule has 3 N–H and O–H groups in total. The molecule has 1 heterocycles. The van der Waals surface area contributed by atoms with Gasteiger partial charge in [0, 0.05) is 19.6 Å². The zero-order valence-electron chi connectivity index (χ0n) is 9.89. The predicted molar refractivity (Wildman–Crippen MR) is 59.9 cm³/mol. The van der Waals surface area contributed by atoms with Gasteiger partial charge in [0.2, 0.25) is 0 Å². The third-order valence-corrected chi connectivity index (χ3v) is 3.32. The first kappa shape index (κ1) is 12.5. The molecule has 0 saturated carbocycles. The summed E-state index contributed by atoms with van der Waals surface area (Å²) in [7, 11) is 0. The number of carboxylic acid groups (broad SMARTS) is 1. The van der Waals surface area contributed by atoms with Gasteiger partial charge in [0.05, 0.1) is 12.0 Å². The number of rotatable bonds is 6. The molecular formula is C11H22N2O2. The van der Waals surface area contributed by atoms with Gasteiger partial charge < -0.3 is 15.7 Å². The van der Waals surface area contributed by atoms with Crippen LogP contribution in [0.25, 0.3) is 0 Å². The summed E-state index contributed by atoms with van der Waals surface area (Å²) >= 11 is 0. The van der Waals surface area contributed by atoms with E-state index in [1.807, 2.05) is 0 Å². The van der Waals surface area contributed by atoms with Crippen molar-refractivity contribution in [3.8, 4) is 0 Å². The number of aliphatic carboxylic acids is 1. The molecule has 1 rings (SSSR count). The molecule has 0 aromatic rings. The van der Waals surface area contributed by atoms with Crippen LogP contribution >= 0.6 is 0 Å². The van der Waals surface area contributed by atoms with Crippen molar-refractivity contribution in [2.45, 2.75) is 39.2 Å². The van der Waals surface area contributed by atoms with Crippen LogP contribution in [0.5, 0.6) is 0 Å². The minimum atomic E-state index is -0.724. The van der Waals surface area contributed by atoms with Crippen LogP contribution < -0.4 is 10.6 Å². The largest absolute Gasteiger partial charge is 0.481 e. The van der Waals surface area contributed by atoms with E-state index in [4.69, 9.17) is 5.11 Å². The molecule has 0 bridgehead atoms. The van der Waals surface area contributed by atoms with Gasteiger partial charge in [-0.2, -0.15) is 0 Å². The second-order valence-electron chi connectivity index (χ2n) is 5.33. The van der Waals surface area contributed by atoms with Gasteiger partial charge in [0.25, 0.3) is 0 Å². The molecule has 1 saturated heterocycles. The van der Waals surface area contributed by atoms with Crippen LogP contribution in [0.3, 0.4) is 0 Å². The van der Waals surface area contributed by atoms with Gasteiger partial charge in [-0.25, -0.2) is 0 Å². The summed E-state index contributed by atoms with van der Waals surface area (Å²) in [4.78, 5) is 10.7. The molecule has 0 radical (unpaired) electrons.